The van der Waals surface area contributed by atoms with Crippen molar-refractivity contribution in [1.29, 1.82) is 0 Å². The maximum atomic E-state index is 13.8. The van der Waals surface area contributed by atoms with Crippen LogP contribution >= 0.6 is 0 Å². The first-order valence-electron chi connectivity index (χ1n) is 8.52. The minimum atomic E-state index is -0.885. The van der Waals surface area contributed by atoms with Gasteiger partial charge in [-0.3, -0.25) is 9.59 Å². The van der Waals surface area contributed by atoms with E-state index in [2.05, 4.69) is 5.32 Å². The number of hydrogen-bond donors (Lipinski definition) is 2. The molecule has 0 radical (unpaired) electrons. The molecule has 0 aliphatic rings. The molecule has 1 aromatic heterocycles. The summed E-state index contributed by atoms with van der Waals surface area (Å²) in [7, 11) is 0. The van der Waals surface area contributed by atoms with Crippen molar-refractivity contribution < 1.29 is 18.4 Å². The number of furan rings is 1. The molecule has 0 unspecified atom stereocenters. The van der Waals surface area contributed by atoms with Crippen molar-refractivity contribution >= 4 is 11.8 Å². The largest absolute Gasteiger partial charge is 0.461 e. The highest BCUT2D eigenvalue weighted by Gasteiger charge is 2.20. The predicted octanol–water partition coefficient (Wildman–Crippen LogP) is 3.36. The molecule has 0 bridgehead atoms. The molecule has 0 aliphatic heterocycles. The summed E-state index contributed by atoms with van der Waals surface area (Å²) < 4.78 is 19.4. The molecule has 6 heteroatoms. The first kappa shape index (κ1) is 18.4. The van der Waals surface area contributed by atoms with Gasteiger partial charge in [-0.25, -0.2) is 4.39 Å². The number of benzene rings is 2. The number of carbonyl (C=O) groups is 2. The first-order chi connectivity index (χ1) is 13.0. The van der Waals surface area contributed by atoms with Gasteiger partial charge in [0.05, 0.1) is 5.56 Å². The fourth-order valence-electron chi connectivity index (χ4n) is 2.75. The Morgan fingerprint density at radius 1 is 1.00 bits per heavy atom. The Labute approximate surface area is 156 Å². The molecule has 5 nitrogen and oxygen atoms in total. The van der Waals surface area contributed by atoms with Gasteiger partial charge in [0.15, 0.2) is 0 Å². The molecule has 0 saturated heterocycles. The van der Waals surface area contributed by atoms with Crippen LogP contribution < -0.4 is 11.1 Å². The summed E-state index contributed by atoms with van der Waals surface area (Å²) in [4.78, 5) is 23.9. The molecule has 2 amide bonds. The van der Waals surface area contributed by atoms with E-state index in [4.69, 9.17) is 10.2 Å². The van der Waals surface area contributed by atoms with Gasteiger partial charge in [0, 0.05) is 12.8 Å². The highest BCUT2D eigenvalue weighted by atomic mass is 19.1. The van der Waals surface area contributed by atoms with Crippen molar-refractivity contribution in [1.82, 2.24) is 5.32 Å². The van der Waals surface area contributed by atoms with E-state index in [9.17, 15) is 14.0 Å². The van der Waals surface area contributed by atoms with E-state index in [1.54, 1.807) is 54.6 Å². The Hall–Kier alpha value is -3.41. The third-order valence-corrected chi connectivity index (χ3v) is 4.12. The topological polar surface area (TPSA) is 85.3 Å². The van der Waals surface area contributed by atoms with E-state index in [-0.39, 0.29) is 18.1 Å². The van der Waals surface area contributed by atoms with Crippen LogP contribution in [0.1, 0.15) is 23.8 Å². The molecule has 0 aliphatic carbocycles. The van der Waals surface area contributed by atoms with E-state index in [1.807, 2.05) is 6.07 Å². The summed E-state index contributed by atoms with van der Waals surface area (Å²) in [6, 6.07) is 17.6. The molecule has 138 valence electrons. The van der Waals surface area contributed by atoms with Crippen molar-refractivity contribution in [3.63, 3.8) is 0 Å². The number of halogens is 1. The Kier molecular flexibility index (Phi) is 5.66. The van der Waals surface area contributed by atoms with Crippen molar-refractivity contribution in [2.75, 3.05) is 0 Å². The van der Waals surface area contributed by atoms with Crippen molar-refractivity contribution in [3.8, 4) is 11.3 Å². The van der Waals surface area contributed by atoms with E-state index in [1.165, 1.54) is 6.07 Å². The van der Waals surface area contributed by atoms with Gasteiger partial charge in [0.25, 0.3) is 0 Å². The van der Waals surface area contributed by atoms with E-state index in [0.717, 1.165) is 0 Å². The van der Waals surface area contributed by atoms with Gasteiger partial charge in [-0.1, -0.05) is 42.5 Å². The molecular formula is C21H19FN2O3. The average Bonchev–Trinajstić information content (AvgIpc) is 3.14. The highest BCUT2D eigenvalue weighted by Crippen LogP contribution is 2.25. The molecule has 2 aromatic carbocycles. The van der Waals surface area contributed by atoms with Gasteiger partial charge in [-0.15, -0.1) is 0 Å². The second-order valence-corrected chi connectivity index (χ2v) is 6.06. The summed E-state index contributed by atoms with van der Waals surface area (Å²) in [6.07, 6.45) is 0.432. The summed E-state index contributed by atoms with van der Waals surface area (Å²) in [5, 5.41) is 2.64. The van der Waals surface area contributed by atoms with Gasteiger partial charge in [0.2, 0.25) is 11.8 Å². The lowest BCUT2D eigenvalue weighted by Gasteiger charge is -2.15. The summed E-state index contributed by atoms with van der Waals surface area (Å²) in [6.45, 7) is 0. The van der Waals surface area contributed by atoms with Crippen molar-refractivity contribution in [2.45, 2.75) is 18.9 Å². The molecule has 3 rings (SSSR count). The Morgan fingerprint density at radius 3 is 2.41 bits per heavy atom. The third kappa shape index (κ3) is 4.61. The second kappa shape index (κ2) is 8.31. The van der Waals surface area contributed by atoms with E-state index < -0.39 is 11.9 Å². The Balaban J connectivity index is 1.61. The quantitative estimate of drug-likeness (QED) is 0.672. The number of rotatable bonds is 7. The minimum absolute atomic E-state index is 0.112. The molecule has 0 spiro atoms. The monoisotopic (exact) mass is 366 g/mol. The lowest BCUT2D eigenvalue weighted by Crippen LogP contribution is -2.37. The highest BCUT2D eigenvalue weighted by molar-refractivity contribution is 5.87. The summed E-state index contributed by atoms with van der Waals surface area (Å²) >= 11 is 0. The summed E-state index contributed by atoms with van der Waals surface area (Å²) in [5.74, 6) is -0.370. The fourth-order valence-corrected chi connectivity index (χ4v) is 2.75. The maximum Gasteiger partial charge on any atom is 0.244 e. The van der Waals surface area contributed by atoms with Gasteiger partial charge in [0.1, 0.15) is 23.4 Å². The smallest absolute Gasteiger partial charge is 0.244 e. The minimum Gasteiger partial charge on any atom is -0.461 e. The van der Waals surface area contributed by atoms with Crippen LogP contribution in [0, 0.1) is 5.82 Å². The van der Waals surface area contributed by atoms with Crippen molar-refractivity contribution in [3.05, 3.63) is 83.9 Å². The zero-order valence-corrected chi connectivity index (χ0v) is 14.5. The van der Waals surface area contributed by atoms with Crippen LogP contribution in [0.15, 0.2) is 71.1 Å². The number of primary amides is 1. The van der Waals surface area contributed by atoms with Gasteiger partial charge < -0.3 is 15.5 Å². The van der Waals surface area contributed by atoms with Crippen LogP contribution in [0.2, 0.25) is 0 Å². The van der Waals surface area contributed by atoms with Crippen LogP contribution in [0.5, 0.6) is 0 Å². The second-order valence-electron chi connectivity index (χ2n) is 6.06. The van der Waals surface area contributed by atoms with E-state index in [0.29, 0.717) is 29.1 Å². The molecule has 1 heterocycles. The molecule has 3 N–H and O–H groups in total. The van der Waals surface area contributed by atoms with Crippen LogP contribution in [0.4, 0.5) is 4.39 Å². The maximum absolute atomic E-state index is 13.8. The standard InChI is InChI=1S/C21H19FN2O3/c22-17-9-5-4-8-16(17)18-12-10-15(27-18)11-13-19(25)24-20(21(23)26)14-6-2-1-3-7-14/h1-10,12,20H,11,13H2,(H2,23,26)(H,24,25)/t20-/m1/s1. The van der Waals surface area contributed by atoms with Crippen LogP contribution in [0.3, 0.4) is 0 Å². The lowest BCUT2D eigenvalue weighted by atomic mass is 10.1. The fraction of sp³-hybridized carbons (Fsp3) is 0.143. The normalized spacial score (nSPS) is 11.7. The number of amides is 2. The molecule has 0 saturated carbocycles. The molecule has 27 heavy (non-hydrogen) atoms. The average molecular weight is 366 g/mol. The van der Waals surface area contributed by atoms with E-state index >= 15 is 0 Å². The molecular weight excluding hydrogens is 347 g/mol. The molecule has 3 aromatic rings. The zero-order chi connectivity index (χ0) is 19.2. The van der Waals surface area contributed by atoms with Crippen molar-refractivity contribution in [2.24, 2.45) is 5.73 Å². The first-order valence-corrected chi connectivity index (χ1v) is 8.52. The third-order valence-electron chi connectivity index (χ3n) is 4.12. The lowest BCUT2D eigenvalue weighted by molar-refractivity contribution is -0.127. The van der Waals surface area contributed by atoms with Gasteiger partial charge in [-0.05, 0) is 29.8 Å². The number of carbonyl (C=O) groups excluding carboxylic acids is 2. The summed E-state index contributed by atoms with van der Waals surface area (Å²) in [5.41, 5.74) is 6.39. The SMILES string of the molecule is NC(=O)[C@H](NC(=O)CCc1ccc(-c2ccccc2F)o1)c1ccccc1. The van der Waals surface area contributed by atoms with Gasteiger partial charge in [-0.2, -0.15) is 0 Å². The number of aryl methyl sites for hydroxylation is 1. The number of hydrogen-bond acceptors (Lipinski definition) is 3. The van der Waals surface area contributed by atoms with Crippen LogP contribution in [-0.2, 0) is 16.0 Å². The van der Waals surface area contributed by atoms with Crippen LogP contribution in [-0.4, -0.2) is 11.8 Å². The molecule has 1 atom stereocenters. The Bertz CT molecular complexity index is 937. The predicted molar refractivity (Wildman–Crippen MR) is 98.9 cm³/mol. The molecule has 0 fully saturated rings. The van der Waals surface area contributed by atoms with Gasteiger partial charge >= 0.3 is 0 Å². The van der Waals surface area contributed by atoms with Crippen LogP contribution in [0.25, 0.3) is 11.3 Å². The Morgan fingerprint density at radius 2 is 1.70 bits per heavy atom. The number of nitrogens with one attached hydrogen (secondary N) is 1. The zero-order valence-electron chi connectivity index (χ0n) is 14.5. The number of nitrogens with two attached hydrogens (primary N) is 1.